The Kier molecular flexibility index (Phi) is 6.94. The second-order valence-corrected chi connectivity index (χ2v) is 5.83. The highest BCUT2D eigenvalue weighted by Crippen LogP contribution is 2.36. The number of nitrogens with zero attached hydrogens (tertiary/aromatic N) is 1. The zero-order valence-electron chi connectivity index (χ0n) is 13.4. The number of hydrazone groups is 1. The molecule has 0 atom stereocenters. The maximum absolute atomic E-state index is 5.80. The minimum absolute atomic E-state index is 0.675. The molecule has 0 aromatic heterocycles. The van der Waals surface area contributed by atoms with Crippen LogP contribution in [0, 0.1) is 0 Å². The third-order valence-electron chi connectivity index (χ3n) is 3.18. The largest absolute Gasteiger partial charge is 0.493 e. The zero-order chi connectivity index (χ0) is 16.5. The number of unbranched alkanes of at least 4 members (excludes halogenated alkanes) is 1. The van der Waals surface area contributed by atoms with Crippen LogP contribution in [0.5, 0.6) is 11.5 Å². The predicted molar refractivity (Wildman–Crippen MR) is 98.8 cm³/mol. The van der Waals surface area contributed by atoms with Gasteiger partial charge in [0.25, 0.3) is 0 Å². The quantitative estimate of drug-likeness (QED) is 0.396. The smallest absolute Gasteiger partial charge is 0.175 e. The molecule has 2 aromatic carbocycles. The van der Waals surface area contributed by atoms with Gasteiger partial charge < -0.3 is 9.47 Å². The van der Waals surface area contributed by atoms with Crippen LogP contribution in [0.1, 0.15) is 25.3 Å². The van der Waals surface area contributed by atoms with Crippen molar-refractivity contribution >= 4 is 27.8 Å². The van der Waals surface area contributed by atoms with Crippen LogP contribution in [0.3, 0.4) is 0 Å². The molecule has 0 heterocycles. The molecule has 1 N–H and O–H groups in total. The fourth-order valence-electron chi connectivity index (χ4n) is 1.97. The van der Waals surface area contributed by atoms with E-state index < -0.39 is 0 Å². The first-order valence-corrected chi connectivity index (χ1v) is 8.38. The van der Waals surface area contributed by atoms with Crippen LogP contribution >= 0.6 is 15.9 Å². The maximum atomic E-state index is 5.80. The molecule has 0 fully saturated rings. The van der Waals surface area contributed by atoms with E-state index in [1.807, 2.05) is 42.5 Å². The molecule has 4 nitrogen and oxygen atoms in total. The third kappa shape index (κ3) is 5.28. The van der Waals surface area contributed by atoms with Crippen molar-refractivity contribution < 1.29 is 9.47 Å². The normalized spacial score (nSPS) is 10.7. The van der Waals surface area contributed by atoms with Gasteiger partial charge in [0.15, 0.2) is 11.5 Å². The number of anilines is 1. The highest BCUT2D eigenvalue weighted by Gasteiger charge is 2.10. The van der Waals surface area contributed by atoms with E-state index in [4.69, 9.17) is 9.47 Å². The Hall–Kier alpha value is -2.01. The van der Waals surface area contributed by atoms with Crippen molar-refractivity contribution in [2.75, 3.05) is 19.1 Å². The molecule has 122 valence electrons. The molecule has 2 rings (SSSR count). The first-order chi connectivity index (χ1) is 11.2. The number of hydrogen-bond donors (Lipinski definition) is 1. The lowest BCUT2D eigenvalue weighted by atomic mass is 10.2. The van der Waals surface area contributed by atoms with Crippen molar-refractivity contribution in [3.8, 4) is 11.5 Å². The van der Waals surface area contributed by atoms with E-state index in [9.17, 15) is 0 Å². The summed E-state index contributed by atoms with van der Waals surface area (Å²) in [6.07, 6.45) is 3.85. The topological polar surface area (TPSA) is 42.8 Å². The number of nitrogens with one attached hydrogen (secondary N) is 1. The van der Waals surface area contributed by atoms with Crippen LogP contribution in [0.15, 0.2) is 52.0 Å². The second-order valence-electron chi connectivity index (χ2n) is 4.97. The number of benzene rings is 2. The molecule has 0 aliphatic carbocycles. The van der Waals surface area contributed by atoms with E-state index in [0.29, 0.717) is 12.4 Å². The highest BCUT2D eigenvalue weighted by molar-refractivity contribution is 9.10. The van der Waals surface area contributed by atoms with Crippen LogP contribution in [0.25, 0.3) is 0 Å². The van der Waals surface area contributed by atoms with E-state index in [-0.39, 0.29) is 0 Å². The summed E-state index contributed by atoms with van der Waals surface area (Å²) < 4.78 is 12.1. The third-order valence-corrected chi connectivity index (χ3v) is 3.77. The molecule has 0 radical (unpaired) electrons. The van der Waals surface area contributed by atoms with Gasteiger partial charge in [-0.25, -0.2) is 0 Å². The molecule has 0 bridgehead atoms. The lowest BCUT2D eigenvalue weighted by molar-refractivity contribution is 0.286. The summed E-state index contributed by atoms with van der Waals surface area (Å²) in [5.41, 5.74) is 4.84. The average molecular weight is 377 g/mol. The number of halogens is 1. The van der Waals surface area contributed by atoms with Crippen molar-refractivity contribution in [1.29, 1.82) is 0 Å². The van der Waals surface area contributed by atoms with E-state index in [1.165, 1.54) is 0 Å². The van der Waals surface area contributed by atoms with Gasteiger partial charge in [-0.1, -0.05) is 31.5 Å². The minimum Gasteiger partial charge on any atom is -0.493 e. The molecule has 0 unspecified atom stereocenters. The lowest BCUT2D eigenvalue weighted by Crippen LogP contribution is -2.01. The standard InChI is InChI=1S/C18H21BrN2O2/c1-3-4-10-23-18-16(19)11-14(12-17(18)22-2)13-20-21-15-8-6-5-7-9-15/h5-9,11-13,21H,3-4,10H2,1-2H3. The second kappa shape index (κ2) is 9.20. The Morgan fingerprint density at radius 3 is 2.70 bits per heavy atom. The first kappa shape index (κ1) is 17.3. The summed E-state index contributed by atoms with van der Waals surface area (Å²) in [5, 5.41) is 4.24. The Balaban J connectivity index is 2.09. The molecule has 0 amide bonds. The zero-order valence-corrected chi connectivity index (χ0v) is 15.0. The molecule has 0 saturated carbocycles. The number of ether oxygens (including phenoxy) is 2. The monoisotopic (exact) mass is 376 g/mol. The van der Waals surface area contributed by atoms with E-state index in [1.54, 1.807) is 13.3 Å². The minimum atomic E-state index is 0.675. The van der Waals surface area contributed by atoms with Crippen molar-refractivity contribution in [2.45, 2.75) is 19.8 Å². The number of hydrogen-bond acceptors (Lipinski definition) is 4. The maximum Gasteiger partial charge on any atom is 0.175 e. The summed E-state index contributed by atoms with van der Waals surface area (Å²) in [4.78, 5) is 0. The molecule has 0 saturated heterocycles. The summed E-state index contributed by atoms with van der Waals surface area (Å²) in [6, 6.07) is 13.7. The van der Waals surface area contributed by atoms with E-state index in [2.05, 4.69) is 33.4 Å². The van der Waals surface area contributed by atoms with Crippen LogP contribution in [0.2, 0.25) is 0 Å². The first-order valence-electron chi connectivity index (χ1n) is 7.59. The molecule has 23 heavy (non-hydrogen) atoms. The predicted octanol–water partition coefficient (Wildman–Crippen LogP) is 5.08. The molecule has 2 aromatic rings. The molecule has 0 spiro atoms. The van der Waals surface area contributed by atoms with Crippen LogP contribution in [-0.4, -0.2) is 19.9 Å². The highest BCUT2D eigenvalue weighted by atomic mass is 79.9. The van der Waals surface area contributed by atoms with Gasteiger partial charge in [0.1, 0.15) is 0 Å². The fourth-order valence-corrected chi connectivity index (χ4v) is 2.54. The molecule has 0 aliphatic heterocycles. The van der Waals surface area contributed by atoms with E-state index >= 15 is 0 Å². The molecular formula is C18H21BrN2O2. The number of rotatable bonds is 8. The van der Waals surface area contributed by atoms with Gasteiger partial charge in [0, 0.05) is 0 Å². The molecule has 0 aliphatic rings. The van der Waals surface area contributed by atoms with Crippen LogP contribution < -0.4 is 14.9 Å². The van der Waals surface area contributed by atoms with Crippen LogP contribution in [-0.2, 0) is 0 Å². The van der Waals surface area contributed by atoms with Gasteiger partial charge in [-0.15, -0.1) is 0 Å². The number of methoxy groups -OCH3 is 1. The van der Waals surface area contributed by atoms with Gasteiger partial charge in [0.05, 0.1) is 30.1 Å². The summed E-state index contributed by atoms with van der Waals surface area (Å²) in [5.74, 6) is 1.42. The van der Waals surface area contributed by atoms with E-state index in [0.717, 1.165) is 34.3 Å². The lowest BCUT2D eigenvalue weighted by Gasteiger charge is -2.13. The summed E-state index contributed by atoms with van der Waals surface area (Å²) in [6.45, 7) is 2.81. The molecular weight excluding hydrogens is 356 g/mol. The van der Waals surface area contributed by atoms with Gasteiger partial charge in [-0.3, -0.25) is 5.43 Å². The van der Waals surface area contributed by atoms with Crippen LogP contribution in [0.4, 0.5) is 5.69 Å². The van der Waals surface area contributed by atoms with Gasteiger partial charge in [-0.05, 0) is 52.2 Å². The Labute approximate surface area is 145 Å². The Morgan fingerprint density at radius 2 is 2.00 bits per heavy atom. The average Bonchev–Trinajstić information content (AvgIpc) is 2.57. The van der Waals surface area contributed by atoms with Gasteiger partial charge in [0.2, 0.25) is 0 Å². The van der Waals surface area contributed by atoms with Gasteiger partial charge in [-0.2, -0.15) is 5.10 Å². The summed E-state index contributed by atoms with van der Waals surface area (Å²) >= 11 is 3.54. The van der Waals surface area contributed by atoms with Crippen molar-refractivity contribution in [2.24, 2.45) is 5.10 Å². The molecule has 5 heteroatoms. The van der Waals surface area contributed by atoms with Crippen molar-refractivity contribution in [1.82, 2.24) is 0 Å². The summed E-state index contributed by atoms with van der Waals surface area (Å²) in [7, 11) is 1.64. The van der Waals surface area contributed by atoms with Gasteiger partial charge >= 0.3 is 0 Å². The van der Waals surface area contributed by atoms with Crippen molar-refractivity contribution in [3.63, 3.8) is 0 Å². The van der Waals surface area contributed by atoms with Crippen molar-refractivity contribution in [3.05, 3.63) is 52.5 Å². The fraction of sp³-hybridized carbons (Fsp3) is 0.278. The number of para-hydroxylation sites is 1. The SMILES string of the molecule is CCCCOc1c(Br)cc(C=NNc2ccccc2)cc1OC. The Morgan fingerprint density at radius 1 is 1.22 bits per heavy atom. The Bertz CT molecular complexity index is 645.